The number of carbonyl (C=O) groups excluding carboxylic acids is 1. The molecule has 2 rings (SSSR count). The Morgan fingerprint density at radius 2 is 2.00 bits per heavy atom. The monoisotopic (exact) mass is 331 g/mol. The lowest BCUT2D eigenvalue weighted by molar-refractivity contribution is 0.204. The molecule has 24 heavy (non-hydrogen) atoms. The van der Waals surface area contributed by atoms with E-state index >= 15 is 0 Å². The van der Waals surface area contributed by atoms with Gasteiger partial charge in [-0.15, -0.1) is 0 Å². The van der Waals surface area contributed by atoms with Crippen LogP contribution in [0.5, 0.6) is 0 Å². The number of anilines is 1. The van der Waals surface area contributed by atoms with Crippen LogP contribution >= 0.6 is 0 Å². The summed E-state index contributed by atoms with van der Waals surface area (Å²) in [5, 5.41) is 19.1. The Balaban J connectivity index is 2.11. The van der Waals surface area contributed by atoms with Crippen LogP contribution in [0, 0.1) is 19.3 Å². The number of rotatable bonds is 6. The van der Waals surface area contributed by atoms with Crippen molar-refractivity contribution < 1.29 is 9.90 Å². The van der Waals surface area contributed by atoms with Gasteiger partial charge in [0.15, 0.2) is 0 Å². The number of nitrogens with one attached hydrogen (secondary N) is 2. The van der Waals surface area contributed by atoms with Crippen LogP contribution in [0.25, 0.3) is 5.69 Å². The Labute approximate surface area is 142 Å². The maximum Gasteiger partial charge on any atom is 0.319 e. The van der Waals surface area contributed by atoms with Gasteiger partial charge in [0.2, 0.25) is 0 Å². The van der Waals surface area contributed by atoms with Gasteiger partial charge in [-0.05, 0) is 37.8 Å². The van der Waals surface area contributed by atoms with Crippen LogP contribution < -0.4 is 10.6 Å². The summed E-state index contributed by atoms with van der Waals surface area (Å²) in [6.07, 6.45) is 0.626. The van der Waals surface area contributed by atoms with Gasteiger partial charge >= 0.3 is 6.03 Å². The number of para-hydroxylation sites is 2. The molecule has 130 valence electrons. The Kier molecular flexibility index (Phi) is 5.56. The highest BCUT2D eigenvalue weighted by Crippen LogP contribution is 2.21. The molecule has 0 saturated carbocycles. The van der Waals surface area contributed by atoms with Gasteiger partial charge in [0.25, 0.3) is 0 Å². The molecule has 0 aliphatic carbocycles. The number of hydrogen-bond donors (Lipinski definition) is 3. The molecule has 1 aromatic heterocycles. The van der Waals surface area contributed by atoms with Crippen molar-refractivity contribution in [2.45, 2.75) is 34.1 Å². The summed E-state index contributed by atoms with van der Waals surface area (Å²) in [7, 11) is 0. The minimum atomic E-state index is -0.289. The molecule has 1 heterocycles. The van der Waals surface area contributed by atoms with Gasteiger partial charge in [0, 0.05) is 13.2 Å². The predicted molar refractivity (Wildman–Crippen MR) is 93.3 cm³/mol. The van der Waals surface area contributed by atoms with Crippen molar-refractivity contribution in [3.63, 3.8) is 0 Å². The van der Waals surface area contributed by atoms with E-state index in [1.165, 1.54) is 0 Å². The number of aliphatic hydroxyl groups excluding tert-OH is 1. The van der Waals surface area contributed by atoms with Crippen LogP contribution in [0.3, 0.4) is 0 Å². The smallest absolute Gasteiger partial charge is 0.319 e. The predicted octanol–water partition coefficient (Wildman–Crippen LogP) is 2.41. The van der Waals surface area contributed by atoms with Crippen LogP contribution in [0.4, 0.5) is 10.5 Å². The van der Waals surface area contributed by atoms with Crippen LogP contribution in [0.2, 0.25) is 0 Å². The summed E-state index contributed by atoms with van der Waals surface area (Å²) in [6, 6.07) is 7.16. The number of aromatic nitrogens is 3. The first-order chi connectivity index (χ1) is 11.3. The molecule has 2 amide bonds. The number of carbonyl (C=O) groups is 1. The van der Waals surface area contributed by atoms with E-state index in [1.54, 1.807) is 4.68 Å². The SMILES string of the molecule is Cc1nc(C)n(-c2ccccc2NC(=O)NCC(C)(C)CCO)n1. The number of benzene rings is 1. The molecule has 0 fully saturated rings. The van der Waals surface area contributed by atoms with Crippen LogP contribution in [-0.4, -0.2) is 39.1 Å². The molecule has 0 saturated heterocycles. The lowest BCUT2D eigenvalue weighted by Crippen LogP contribution is -2.37. The van der Waals surface area contributed by atoms with Gasteiger partial charge in [-0.3, -0.25) is 0 Å². The number of amides is 2. The zero-order valence-corrected chi connectivity index (χ0v) is 14.6. The summed E-state index contributed by atoms with van der Waals surface area (Å²) >= 11 is 0. The minimum absolute atomic E-state index is 0.101. The van der Waals surface area contributed by atoms with Gasteiger partial charge in [0.1, 0.15) is 11.6 Å². The summed E-state index contributed by atoms with van der Waals surface area (Å²) in [5.74, 6) is 1.43. The standard InChI is InChI=1S/C17H25N5O2/c1-12-19-13(2)22(21-12)15-8-6-5-7-14(15)20-16(24)18-11-17(3,4)9-10-23/h5-8,23H,9-11H2,1-4H3,(H2,18,20,24). The third-order valence-corrected chi connectivity index (χ3v) is 3.77. The molecule has 0 spiro atoms. The molecule has 3 N–H and O–H groups in total. The minimum Gasteiger partial charge on any atom is -0.396 e. The molecule has 0 unspecified atom stereocenters. The van der Waals surface area contributed by atoms with E-state index in [1.807, 2.05) is 52.0 Å². The summed E-state index contributed by atoms with van der Waals surface area (Å²) in [5.41, 5.74) is 1.26. The lowest BCUT2D eigenvalue weighted by Gasteiger charge is -2.24. The molecule has 2 aromatic rings. The van der Waals surface area contributed by atoms with E-state index in [0.29, 0.717) is 24.5 Å². The van der Waals surface area contributed by atoms with Crippen molar-refractivity contribution in [2.24, 2.45) is 5.41 Å². The molecule has 0 aliphatic rings. The molecule has 0 atom stereocenters. The van der Waals surface area contributed by atoms with Gasteiger partial charge in [-0.25, -0.2) is 14.5 Å². The molecule has 7 nitrogen and oxygen atoms in total. The average molecular weight is 331 g/mol. The lowest BCUT2D eigenvalue weighted by atomic mass is 9.90. The van der Waals surface area contributed by atoms with Crippen molar-refractivity contribution >= 4 is 11.7 Å². The molecule has 0 bridgehead atoms. The maximum absolute atomic E-state index is 12.2. The number of aliphatic hydroxyl groups is 1. The quantitative estimate of drug-likeness (QED) is 0.758. The fourth-order valence-corrected chi connectivity index (χ4v) is 2.39. The second kappa shape index (κ2) is 7.44. The molecule has 7 heteroatoms. The molecule has 0 aliphatic heterocycles. The fourth-order valence-electron chi connectivity index (χ4n) is 2.39. The van der Waals surface area contributed by atoms with Crippen LogP contribution in [0.15, 0.2) is 24.3 Å². The molecular formula is C17H25N5O2. The largest absolute Gasteiger partial charge is 0.396 e. The number of hydrogen-bond acceptors (Lipinski definition) is 4. The zero-order valence-electron chi connectivity index (χ0n) is 14.6. The Morgan fingerprint density at radius 3 is 2.62 bits per heavy atom. The van der Waals surface area contributed by atoms with Gasteiger partial charge in [-0.2, -0.15) is 5.10 Å². The maximum atomic E-state index is 12.2. The number of urea groups is 1. The van der Waals surface area contributed by atoms with Crippen molar-refractivity contribution in [3.8, 4) is 5.69 Å². The zero-order chi connectivity index (χ0) is 17.7. The summed E-state index contributed by atoms with van der Waals surface area (Å²) < 4.78 is 1.71. The van der Waals surface area contributed by atoms with Crippen molar-refractivity contribution in [3.05, 3.63) is 35.9 Å². The number of aryl methyl sites for hydroxylation is 2. The van der Waals surface area contributed by atoms with Gasteiger partial charge in [-0.1, -0.05) is 26.0 Å². The Bertz CT molecular complexity index is 709. The highest BCUT2D eigenvalue weighted by Gasteiger charge is 2.18. The van der Waals surface area contributed by atoms with E-state index in [2.05, 4.69) is 20.7 Å². The second-order valence-electron chi connectivity index (χ2n) is 6.58. The normalized spacial score (nSPS) is 11.4. The van der Waals surface area contributed by atoms with E-state index in [4.69, 9.17) is 5.11 Å². The first-order valence-corrected chi connectivity index (χ1v) is 7.98. The van der Waals surface area contributed by atoms with Gasteiger partial charge in [0.05, 0.1) is 11.4 Å². The van der Waals surface area contributed by atoms with E-state index in [-0.39, 0.29) is 18.1 Å². The van der Waals surface area contributed by atoms with Crippen LogP contribution in [-0.2, 0) is 0 Å². The number of nitrogens with zero attached hydrogens (tertiary/aromatic N) is 3. The molecule has 0 radical (unpaired) electrons. The Morgan fingerprint density at radius 1 is 1.29 bits per heavy atom. The average Bonchev–Trinajstić information content (AvgIpc) is 2.84. The van der Waals surface area contributed by atoms with E-state index in [0.717, 1.165) is 11.5 Å². The second-order valence-corrected chi connectivity index (χ2v) is 6.58. The van der Waals surface area contributed by atoms with Crippen molar-refractivity contribution in [1.29, 1.82) is 0 Å². The topological polar surface area (TPSA) is 92.1 Å². The first kappa shape index (κ1) is 17.9. The van der Waals surface area contributed by atoms with Gasteiger partial charge < -0.3 is 15.7 Å². The van der Waals surface area contributed by atoms with Crippen molar-refractivity contribution in [2.75, 3.05) is 18.5 Å². The van der Waals surface area contributed by atoms with Crippen LogP contribution in [0.1, 0.15) is 31.9 Å². The summed E-state index contributed by atoms with van der Waals surface area (Å²) in [4.78, 5) is 16.5. The highest BCUT2D eigenvalue weighted by atomic mass is 16.3. The Hall–Kier alpha value is -2.41. The third-order valence-electron chi connectivity index (χ3n) is 3.77. The third kappa shape index (κ3) is 4.55. The van der Waals surface area contributed by atoms with E-state index in [9.17, 15) is 4.79 Å². The first-order valence-electron chi connectivity index (χ1n) is 7.98. The highest BCUT2D eigenvalue weighted by molar-refractivity contribution is 5.91. The van der Waals surface area contributed by atoms with Crippen molar-refractivity contribution in [1.82, 2.24) is 20.1 Å². The summed E-state index contributed by atoms with van der Waals surface area (Å²) in [6.45, 7) is 8.27. The molecule has 1 aromatic carbocycles. The molecular weight excluding hydrogens is 306 g/mol. The fraction of sp³-hybridized carbons (Fsp3) is 0.471. The van der Waals surface area contributed by atoms with E-state index < -0.39 is 0 Å².